The minimum Gasteiger partial charge on any atom is -0.487 e. The molecule has 0 saturated carbocycles. The van der Waals surface area contributed by atoms with Gasteiger partial charge in [-0.15, -0.1) is 0 Å². The zero-order valence-electron chi connectivity index (χ0n) is 64.0. The van der Waals surface area contributed by atoms with Crippen LogP contribution in [-0.2, 0) is 105 Å². The van der Waals surface area contributed by atoms with Crippen LogP contribution in [-0.4, -0.2) is 194 Å². The Morgan fingerprint density at radius 1 is 0.327 bits per heavy atom. The Kier molecular flexibility index (Phi) is 39.7. The van der Waals surface area contributed by atoms with Crippen molar-refractivity contribution < 1.29 is 105 Å². The van der Waals surface area contributed by atoms with Gasteiger partial charge < -0.3 is 90.1 Å². The van der Waals surface area contributed by atoms with E-state index in [2.05, 4.69) is 156 Å². The van der Waals surface area contributed by atoms with Crippen LogP contribution in [0.1, 0.15) is 137 Å². The molecule has 0 aliphatic carbocycles. The standard InChI is InChI=1S/C61H126O24Si13/c1-49(2)42-92(74-89(21,22)39-27-30-65-33-36-68-86-71-59(62)56(15)16)77-95(45-52(7)8)79-93(43-50(3)4,75-90(23,24)40-28-31-66-34-37-69-87-72-60(63)57(17)18)81-97(47-54(11)12)82-94(44-51(5)6,76-91(25,26)41-29-32-67-35-38-70-88-73-61(64)58(19)20)80-96(78-92,46-53(9)10)84-98(83-95,85-97)48-55(13)14/h49-55H,15,17,19,27-48H2,1-14,16,18,20-26H3. The van der Waals surface area contributed by atoms with Crippen LogP contribution in [0.4, 0.5) is 0 Å². The molecule has 24 nitrogen and oxygen atoms in total. The minimum absolute atomic E-state index is 0.0299. The van der Waals surface area contributed by atoms with Crippen molar-refractivity contribution in [1.82, 2.24) is 0 Å². The maximum Gasteiger partial charge on any atom is 0.523 e. The maximum atomic E-state index is 11.9. The molecule has 3 fully saturated rings. The topological polar surface area (TPSA) is 245 Å². The van der Waals surface area contributed by atoms with Gasteiger partial charge in [0.05, 0.1) is 39.6 Å². The molecule has 0 atom stereocenters. The first-order valence-corrected chi connectivity index (χ1v) is 60.6. The van der Waals surface area contributed by atoms with Crippen molar-refractivity contribution in [3.63, 3.8) is 0 Å². The van der Waals surface area contributed by atoms with Crippen LogP contribution >= 0.6 is 0 Å². The van der Waals surface area contributed by atoms with Gasteiger partial charge in [0.1, 0.15) is 0 Å². The van der Waals surface area contributed by atoms with Crippen LogP contribution in [0.3, 0.4) is 0 Å². The molecule has 0 aromatic rings. The van der Waals surface area contributed by atoms with Gasteiger partial charge in [-0.05, 0) is 139 Å². The summed E-state index contributed by atoms with van der Waals surface area (Å²) in [5.41, 5.74) is 0.915. The summed E-state index contributed by atoms with van der Waals surface area (Å²) < 4.78 is 150. The van der Waals surface area contributed by atoms with E-state index in [4.69, 9.17) is 90.1 Å². The number of rotatable bonds is 50. The summed E-state index contributed by atoms with van der Waals surface area (Å²) in [6, 6.07) is 4.52. The van der Waals surface area contributed by atoms with Crippen molar-refractivity contribution in [1.29, 1.82) is 0 Å². The van der Waals surface area contributed by atoms with Gasteiger partial charge in [0, 0.05) is 78.8 Å². The average Bonchev–Trinajstić information content (AvgIpc) is 0.703. The molecule has 0 N–H and O–H groups in total. The quantitative estimate of drug-likeness (QED) is 0.0312. The third-order valence-corrected chi connectivity index (χ3v) is 62.9. The number of fused-ring (bicyclic) bond motifs is 3. The number of carbonyl (C=O) groups is 3. The highest BCUT2D eigenvalue weighted by molar-refractivity contribution is 7.01. The summed E-state index contributed by atoms with van der Waals surface area (Å²) in [5, 5.41) is 0. The first-order chi connectivity index (χ1) is 45.4. The van der Waals surface area contributed by atoms with E-state index in [-0.39, 0.29) is 61.2 Å². The Morgan fingerprint density at radius 3 is 0.724 bits per heavy atom. The van der Waals surface area contributed by atoms with Gasteiger partial charge in [0.2, 0.25) is 0 Å². The highest BCUT2D eigenvalue weighted by Gasteiger charge is 2.79. The summed E-state index contributed by atoms with van der Waals surface area (Å²) in [4.78, 5) is 35.8. The predicted molar refractivity (Wildman–Crippen MR) is 402 cm³/mol. The predicted octanol–water partition coefficient (Wildman–Crippen LogP) is 13.2. The van der Waals surface area contributed by atoms with Crippen LogP contribution < -0.4 is 0 Å². The van der Waals surface area contributed by atoms with Gasteiger partial charge in [-0.1, -0.05) is 117 Å². The van der Waals surface area contributed by atoms with E-state index in [1.54, 1.807) is 20.8 Å². The second-order valence-electron chi connectivity index (χ2n) is 30.9. The Labute approximate surface area is 609 Å². The number of hydrogen-bond acceptors (Lipinski definition) is 24. The van der Waals surface area contributed by atoms with E-state index in [9.17, 15) is 14.4 Å². The second kappa shape index (κ2) is 42.3. The number of hydrogen-bond donors (Lipinski definition) is 0. The molecule has 6 radical (unpaired) electrons. The lowest BCUT2D eigenvalue weighted by molar-refractivity contribution is -0.132. The fraction of sp³-hybridized carbons (Fsp3) is 0.852. The first-order valence-electron chi connectivity index (χ1n) is 35.2. The van der Waals surface area contributed by atoms with Crippen LogP contribution in [0, 0.1) is 41.4 Å². The van der Waals surface area contributed by atoms with Gasteiger partial charge in [0.25, 0.3) is 0 Å². The molecular weight excluding hydrogens is 1480 g/mol. The van der Waals surface area contributed by atoms with Crippen molar-refractivity contribution >= 4 is 135 Å². The molecule has 0 amide bonds. The molecule has 0 spiro atoms. The van der Waals surface area contributed by atoms with Gasteiger partial charge >= 0.3 is 110 Å². The molecule has 3 aliphatic rings. The van der Waals surface area contributed by atoms with Crippen LogP contribution in [0.15, 0.2) is 36.5 Å². The Hall–Kier alpha value is -0.271. The third-order valence-electron chi connectivity index (χ3n) is 14.5. The molecule has 98 heavy (non-hydrogen) atoms. The molecule has 37 heteroatoms. The molecule has 0 unspecified atom stereocenters. The molecule has 3 heterocycles. The highest BCUT2D eigenvalue weighted by Crippen LogP contribution is 2.53. The summed E-state index contributed by atoms with van der Waals surface area (Å²) >= 11 is 0. The average molecular weight is 1610 g/mol. The SMILES string of the molecule is C=C(C)C(=O)O[Si]OCCOCCC[Si](C)(C)O[Si]1(CC(C)C)O[Si]2(CC(C)C)O[Si](CC(C)C)(O[Si](C)(C)CCCOCCO[Si]OC(=O)C(=C)C)O[Si]3(CC(C)C)O[Si](CC(C)C)(O[Si](C)(C)CCCOCCO[Si]OC(=O)C(=C)C)O[Si](CC(C)C)(O1)O[Si](CC(C)C)(O2)O3. The van der Waals surface area contributed by atoms with Crippen molar-refractivity contribution in [2.24, 2.45) is 41.4 Å². The Balaban J connectivity index is 2.47. The van der Waals surface area contributed by atoms with Crippen molar-refractivity contribution in [3.8, 4) is 0 Å². The summed E-state index contributed by atoms with van der Waals surface area (Å²) in [6.45, 7) is 62.2. The molecule has 3 rings (SSSR count). The van der Waals surface area contributed by atoms with E-state index in [1.165, 1.54) is 0 Å². The lowest BCUT2D eigenvalue weighted by Gasteiger charge is -2.60. The summed E-state index contributed by atoms with van der Waals surface area (Å²) in [7, 11) is -40.5. The van der Waals surface area contributed by atoms with Crippen molar-refractivity contribution in [2.75, 3.05) is 59.5 Å². The summed E-state index contributed by atoms with van der Waals surface area (Å²) in [6.07, 6.45) is 1.99. The Morgan fingerprint density at radius 2 is 0.531 bits per heavy atom. The number of carbonyl (C=O) groups excluding carboxylic acids is 3. The van der Waals surface area contributed by atoms with Gasteiger partial charge in [0.15, 0.2) is 25.0 Å². The first kappa shape index (κ1) is 91.9. The van der Waals surface area contributed by atoms with E-state index >= 15 is 0 Å². The molecule has 3 saturated heterocycles. The summed E-state index contributed by atoms with van der Waals surface area (Å²) in [5.74, 6) is -1.75. The lowest BCUT2D eigenvalue weighted by atomic mass is 10.3. The van der Waals surface area contributed by atoms with Gasteiger partial charge in [-0.2, -0.15) is 0 Å². The monoisotopic (exact) mass is 1610 g/mol. The largest absolute Gasteiger partial charge is 0.523 e. The van der Waals surface area contributed by atoms with Gasteiger partial charge in [-0.3, -0.25) is 0 Å². The molecule has 0 aromatic carbocycles. The van der Waals surface area contributed by atoms with Crippen molar-refractivity contribution in [3.05, 3.63) is 36.5 Å². The highest BCUT2D eigenvalue weighted by atomic mass is 28.6. The normalized spacial score (nSPS) is 25.7. The Bertz CT molecular complexity index is 2190. The molecule has 3 aliphatic heterocycles. The number of ether oxygens (including phenoxy) is 3. The van der Waals surface area contributed by atoms with E-state index in [0.717, 1.165) is 0 Å². The fourth-order valence-corrected chi connectivity index (χ4v) is 69.5. The maximum absolute atomic E-state index is 11.9. The smallest absolute Gasteiger partial charge is 0.487 e. The van der Waals surface area contributed by atoms with Crippen LogP contribution in [0.2, 0.25) is 99.7 Å². The zero-order valence-corrected chi connectivity index (χ0v) is 77.0. The van der Waals surface area contributed by atoms with E-state index < -0.39 is 135 Å². The minimum atomic E-state index is -4.38. The van der Waals surface area contributed by atoms with Crippen molar-refractivity contribution in [2.45, 2.75) is 237 Å². The second-order valence-corrected chi connectivity index (χ2v) is 67.2. The third kappa shape index (κ3) is 34.5. The lowest BCUT2D eigenvalue weighted by Crippen LogP contribution is -2.84. The fourth-order valence-electron chi connectivity index (χ4n) is 11.4. The zero-order chi connectivity index (χ0) is 74.0. The van der Waals surface area contributed by atoms with Crippen LogP contribution in [0.25, 0.3) is 0 Å². The van der Waals surface area contributed by atoms with E-state index in [0.29, 0.717) is 136 Å². The molecule has 0 aromatic heterocycles. The molecule has 4 bridgehead atoms. The van der Waals surface area contributed by atoms with E-state index in [1.807, 2.05) is 0 Å². The van der Waals surface area contributed by atoms with Gasteiger partial charge in [-0.25, -0.2) is 14.4 Å². The molecular formula is C61H126O24Si13. The van der Waals surface area contributed by atoms with Crippen LogP contribution in [0.5, 0.6) is 0 Å². The molecule has 566 valence electrons.